The van der Waals surface area contributed by atoms with E-state index in [1.165, 1.54) is 18.8 Å². The number of nitrogens with zero attached hydrogens (tertiary/aromatic N) is 2. The summed E-state index contributed by atoms with van der Waals surface area (Å²) in [6, 6.07) is 3.30. The summed E-state index contributed by atoms with van der Waals surface area (Å²) >= 11 is 5.36. The maximum Gasteiger partial charge on any atom is 0.262 e. The van der Waals surface area contributed by atoms with Gasteiger partial charge in [0.1, 0.15) is 0 Å². The summed E-state index contributed by atoms with van der Waals surface area (Å²) in [7, 11) is 3.04. The average Bonchev–Trinajstić information content (AvgIpc) is 3.20. The Balaban J connectivity index is 1.49. The number of methoxy groups -OCH3 is 2. The molecule has 0 unspecified atom stereocenters. The Bertz CT molecular complexity index is 1060. The number of aromatic amines is 1. The predicted octanol–water partition coefficient (Wildman–Crippen LogP) is 1.83. The minimum Gasteiger partial charge on any atom is -0.493 e. The van der Waals surface area contributed by atoms with Crippen molar-refractivity contribution in [2.24, 2.45) is 0 Å². The summed E-state index contributed by atoms with van der Waals surface area (Å²) in [4.78, 5) is 30.5. The number of aromatic nitrogens is 2. The van der Waals surface area contributed by atoms with Crippen LogP contribution in [0.3, 0.4) is 0 Å². The van der Waals surface area contributed by atoms with Crippen LogP contribution in [0.5, 0.6) is 11.5 Å². The molecule has 10 heteroatoms. The molecule has 0 radical (unpaired) electrons. The number of carbonyl (C=O) groups excluding carboxylic acids is 1. The molecule has 0 atom stereocenters. The highest BCUT2D eigenvalue weighted by molar-refractivity contribution is 7.71. The van der Waals surface area contributed by atoms with Crippen LogP contribution in [0, 0.1) is 4.77 Å². The molecule has 1 aromatic carbocycles. The maximum absolute atomic E-state index is 13.0. The molecular formula is C20H25N3O6S. The van der Waals surface area contributed by atoms with Crippen LogP contribution in [0.25, 0.3) is 10.9 Å². The molecule has 2 saturated heterocycles. The van der Waals surface area contributed by atoms with Gasteiger partial charge in [0.15, 0.2) is 22.1 Å². The van der Waals surface area contributed by atoms with E-state index in [4.69, 9.17) is 31.2 Å². The first-order valence-electron chi connectivity index (χ1n) is 9.91. The van der Waals surface area contributed by atoms with Gasteiger partial charge in [0, 0.05) is 45.0 Å². The minimum absolute atomic E-state index is 0.0171. The number of ether oxygens (including phenoxy) is 4. The zero-order valence-electron chi connectivity index (χ0n) is 17.1. The molecule has 3 heterocycles. The summed E-state index contributed by atoms with van der Waals surface area (Å²) in [5.41, 5.74) is 0.288. The second-order valence-corrected chi connectivity index (χ2v) is 7.76. The number of carbonyl (C=O) groups is 1. The van der Waals surface area contributed by atoms with Crippen LogP contribution >= 0.6 is 12.2 Å². The fraction of sp³-hybridized carbons (Fsp3) is 0.550. The molecule has 1 N–H and O–H groups in total. The lowest BCUT2D eigenvalue weighted by Crippen LogP contribution is -2.47. The van der Waals surface area contributed by atoms with Gasteiger partial charge in [0.25, 0.3) is 5.56 Å². The summed E-state index contributed by atoms with van der Waals surface area (Å²) in [6.07, 6.45) is 1.51. The lowest BCUT2D eigenvalue weighted by Gasteiger charge is -2.37. The number of rotatable bonds is 5. The topological polar surface area (TPSA) is 95.0 Å². The second-order valence-electron chi connectivity index (χ2n) is 7.38. The van der Waals surface area contributed by atoms with E-state index in [0.29, 0.717) is 61.5 Å². The molecule has 1 amide bonds. The Hall–Kier alpha value is -2.43. The first-order valence-corrected chi connectivity index (χ1v) is 10.3. The highest BCUT2D eigenvalue weighted by atomic mass is 32.1. The van der Waals surface area contributed by atoms with Crippen molar-refractivity contribution in [3.05, 3.63) is 27.3 Å². The largest absolute Gasteiger partial charge is 0.493 e. The van der Waals surface area contributed by atoms with Crippen LogP contribution in [-0.4, -0.2) is 66.7 Å². The quantitative estimate of drug-likeness (QED) is 0.716. The number of H-pyrrole nitrogens is 1. The van der Waals surface area contributed by atoms with E-state index in [9.17, 15) is 9.59 Å². The molecular weight excluding hydrogens is 410 g/mol. The van der Waals surface area contributed by atoms with Gasteiger partial charge in [0.05, 0.1) is 38.3 Å². The Morgan fingerprint density at radius 3 is 2.43 bits per heavy atom. The van der Waals surface area contributed by atoms with E-state index in [2.05, 4.69) is 4.98 Å². The van der Waals surface area contributed by atoms with E-state index in [0.717, 1.165) is 0 Å². The molecule has 2 fully saturated rings. The molecule has 4 rings (SSSR count). The van der Waals surface area contributed by atoms with Gasteiger partial charge in [-0.1, -0.05) is 0 Å². The molecule has 1 spiro atoms. The van der Waals surface area contributed by atoms with Crippen molar-refractivity contribution in [2.75, 3.05) is 40.5 Å². The van der Waals surface area contributed by atoms with Gasteiger partial charge in [0.2, 0.25) is 5.91 Å². The Morgan fingerprint density at radius 1 is 1.17 bits per heavy atom. The third-order valence-corrected chi connectivity index (χ3v) is 6.05. The fourth-order valence-electron chi connectivity index (χ4n) is 4.03. The first-order chi connectivity index (χ1) is 14.5. The van der Waals surface area contributed by atoms with E-state index in [-0.39, 0.29) is 29.2 Å². The van der Waals surface area contributed by atoms with Gasteiger partial charge >= 0.3 is 0 Å². The Kier molecular flexibility index (Phi) is 5.81. The number of likely N-dealkylation sites (tertiary alicyclic amines) is 1. The SMILES string of the molecule is COc1cc2[nH]c(=S)n(CCC(=O)N3CCC4(CC3)OCCO4)c(=O)c2cc1OC. The highest BCUT2D eigenvalue weighted by Gasteiger charge is 2.40. The molecule has 0 bridgehead atoms. The molecule has 2 aromatic rings. The third kappa shape index (κ3) is 3.82. The molecule has 30 heavy (non-hydrogen) atoms. The van der Waals surface area contributed by atoms with Crippen LogP contribution in [0.2, 0.25) is 0 Å². The van der Waals surface area contributed by atoms with Crippen molar-refractivity contribution in [3.63, 3.8) is 0 Å². The number of hydrogen-bond donors (Lipinski definition) is 1. The van der Waals surface area contributed by atoms with Crippen LogP contribution in [-0.2, 0) is 20.8 Å². The smallest absolute Gasteiger partial charge is 0.262 e. The summed E-state index contributed by atoms with van der Waals surface area (Å²) in [6.45, 7) is 2.57. The van der Waals surface area contributed by atoms with Crippen molar-refractivity contribution in [2.45, 2.75) is 31.6 Å². The van der Waals surface area contributed by atoms with Crippen LogP contribution in [0.15, 0.2) is 16.9 Å². The van der Waals surface area contributed by atoms with Crippen molar-refractivity contribution in [1.29, 1.82) is 0 Å². The number of hydrogen-bond acceptors (Lipinski definition) is 7. The molecule has 0 saturated carbocycles. The number of benzene rings is 1. The van der Waals surface area contributed by atoms with Gasteiger partial charge in [-0.25, -0.2) is 0 Å². The second kappa shape index (κ2) is 8.37. The maximum atomic E-state index is 13.0. The van der Waals surface area contributed by atoms with Gasteiger partial charge in [-0.2, -0.15) is 0 Å². The third-order valence-electron chi connectivity index (χ3n) is 5.73. The Morgan fingerprint density at radius 2 is 1.80 bits per heavy atom. The average molecular weight is 436 g/mol. The van der Waals surface area contributed by atoms with Gasteiger partial charge < -0.3 is 28.8 Å². The number of nitrogens with one attached hydrogen (secondary N) is 1. The molecule has 0 aliphatic carbocycles. The summed E-state index contributed by atoms with van der Waals surface area (Å²) in [5, 5.41) is 0.421. The van der Waals surface area contributed by atoms with E-state index in [1.54, 1.807) is 17.0 Å². The molecule has 162 valence electrons. The van der Waals surface area contributed by atoms with Crippen LogP contribution in [0.1, 0.15) is 19.3 Å². The van der Waals surface area contributed by atoms with Crippen LogP contribution < -0.4 is 15.0 Å². The molecule has 9 nitrogen and oxygen atoms in total. The standard InChI is InChI=1S/C20H25N3O6S/c1-26-15-11-13-14(12-16(15)27-2)21-19(30)23(18(13)25)6-3-17(24)22-7-4-20(5-8-22)28-9-10-29-20/h11-12H,3-10H2,1-2H3,(H,21,30). The highest BCUT2D eigenvalue weighted by Crippen LogP contribution is 2.32. The monoisotopic (exact) mass is 435 g/mol. The zero-order valence-corrected chi connectivity index (χ0v) is 17.9. The molecule has 1 aromatic heterocycles. The Labute approximate surface area is 178 Å². The summed E-state index contributed by atoms with van der Waals surface area (Å²) in [5.74, 6) is 0.418. The first kappa shape index (κ1) is 20.8. The van der Waals surface area contributed by atoms with Crippen molar-refractivity contribution < 1.29 is 23.7 Å². The van der Waals surface area contributed by atoms with Crippen molar-refractivity contribution in [3.8, 4) is 11.5 Å². The van der Waals surface area contributed by atoms with Crippen molar-refractivity contribution >= 4 is 29.0 Å². The van der Waals surface area contributed by atoms with Gasteiger partial charge in [-0.3, -0.25) is 14.2 Å². The number of amides is 1. The van der Waals surface area contributed by atoms with Crippen LogP contribution in [0.4, 0.5) is 0 Å². The lowest BCUT2D eigenvalue weighted by atomic mass is 10.0. The fourth-order valence-corrected chi connectivity index (χ4v) is 4.31. The number of fused-ring (bicyclic) bond motifs is 1. The normalized spacial score (nSPS) is 18.1. The number of piperidine rings is 1. The van der Waals surface area contributed by atoms with E-state index < -0.39 is 5.79 Å². The van der Waals surface area contributed by atoms with Gasteiger partial charge in [-0.15, -0.1) is 0 Å². The van der Waals surface area contributed by atoms with Crippen molar-refractivity contribution in [1.82, 2.24) is 14.5 Å². The molecule has 2 aliphatic rings. The zero-order chi connectivity index (χ0) is 21.3. The van der Waals surface area contributed by atoms with E-state index >= 15 is 0 Å². The molecule has 2 aliphatic heterocycles. The minimum atomic E-state index is -0.519. The lowest BCUT2D eigenvalue weighted by molar-refractivity contribution is -0.187. The summed E-state index contributed by atoms with van der Waals surface area (Å²) < 4.78 is 23.7. The van der Waals surface area contributed by atoms with E-state index in [1.807, 2.05) is 0 Å². The predicted molar refractivity (Wildman–Crippen MR) is 112 cm³/mol. The van der Waals surface area contributed by atoms with Gasteiger partial charge in [-0.05, 0) is 18.3 Å².